The molecule has 0 amide bonds. The largest absolute Gasteiger partial charge is 0.396 e. The van der Waals surface area contributed by atoms with Crippen LogP contribution in [0.5, 0.6) is 0 Å². The van der Waals surface area contributed by atoms with Gasteiger partial charge in [0.2, 0.25) is 0 Å². The standard InChI is InChI=1S/C13H16FN3/c1-9(2)13-12(15)8-17(16-13)7-10-4-3-5-11(14)6-10/h3-6,8-9H,7,15H2,1-2H3. The van der Waals surface area contributed by atoms with Gasteiger partial charge in [-0.15, -0.1) is 0 Å². The maximum Gasteiger partial charge on any atom is 0.123 e. The van der Waals surface area contributed by atoms with Crippen molar-refractivity contribution in [2.24, 2.45) is 0 Å². The number of anilines is 1. The SMILES string of the molecule is CC(C)c1nn(Cc2cccc(F)c2)cc1N. The van der Waals surface area contributed by atoms with Crippen LogP contribution in [0.1, 0.15) is 31.0 Å². The van der Waals surface area contributed by atoms with Gasteiger partial charge in [0.05, 0.1) is 17.9 Å². The lowest BCUT2D eigenvalue weighted by Crippen LogP contribution is -2.02. The smallest absolute Gasteiger partial charge is 0.123 e. The van der Waals surface area contributed by atoms with Gasteiger partial charge in [0.15, 0.2) is 0 Å². The predicted molar refractivity (Wildman–Crippen MR) is 66.2 cm³/mol. The molecule has 0 fully saturated rings. The molecule has 1 aromatic carbocycles. The van der Waals surface area contributed by atoms with Crippen molar-refractivity contribution in [3.05, 3.63) is 47.5 Å². The number of hydrogen-bond acceptors (Lipinski definition) is 2. The average molecular weight is 233 g/mol. The Labute approximate surface area is 100 Å². The van der Waals surface area contributed by atoms with E-state index in [1.54, 1.807) is 16.9 Å². The third-order valence-electron chi connectivity index (χ3n) is 2.60. The highest BCUT2D eigenvalue weighted by Gasteiger charge is 2.09. The first-order chi connectivity index (χ1) is 8.06. The van der Waals surface area contributed by atoms with Gasteiger partial charge in [-0.2, -0.15) is 5.10 Å². The lowest BCUT2D eigenvalue weighted by atomic mass is 10.1. The van der Waals surface area contributed by atoms with Crippen molar-refractivity contribution in [3.63, 3.8) is 0 Å². The number of hydrogen-bond donors (Lipinski definition) is 1. The van der Waals surface area contributed by atoms with Crippen LogP contribution < -0.4 is 5.73 Å². The van der Waals surface area contributed by atoms with E-state index in [1.165, 1.54) is 12.1 Å². The molecule has 4 heteroatoms. The second-order valence-corrected chi connectivity index (χ2v) is 4.45. The van der Waals surface area contributed by atoms with E-state index in [4.69, 9.17) is 5.73 Å². The molecule has 0 bridgehead atoms. The highest BCUT2D eigenvalue weighted by Crippen LogP contribution is 2.19. The fraction of sp³-hybridized carbons (Fsp3) is 0.308. The van der Waals surface area contributed by atoms with E-state index in [9.17, 15) is 4.39 Å². The van der Waals surface area contributed by atoms with Crippen LogP contribution in [0, 0.1) is 5.82 Å². The molecule has 0 atom stereocenters. The van der Waals surface area contributed by atoms with Gasteiger partial charge in [0, 0.05) is 6.20 Å². The summed E-state index contributed by atoms with van der Waals surface area (Å²) in [5, 5.41) is 4.40. The second kappa shape index (κ2) is 4.57. The monoisotopic (exact) mass is 233 g/mol. The molecule has 2 N–H and O–H groups in total. The molecule has 17 heavy (non-hydrogen) atoms. The van der Waals surface area contributed by atoms with Crippen LogP contribution in [0.25, 0.3) is 0 Å². The van der Waals surface area contributed by atoms with E-state index in [2.05, 4.69) is 5.10 Å². The minimum Gasteiger partial charge on any atom is -0.396 e. The molecular weight excluding hydrogens is 217 g/mol. The lowest BCUT2D eigenvalue weighted by Gasteiger charge is -2.02. The normalized spacial score (nSPS) is 11.1. The summed E-state index contributed by atoms with van der Waals surface area (Å²) in [6, 6.07) is 6.50. The minimum absolute atomic E-state index is 0.230. The molecule has 2 rings (SSSR count). The first-order valence-corrected chi connectivity index (χ1v) is 5.63. The zero-order valence-corrected chi connectivity index (χ0v) is 10.0. The van der Waals surface area contributed by atoms with Crippen LogP contribution in [0.3, 0.4) is 0 Å². The van der Waals surface area contributed by atoms with E-state index < -0.39 is 0 Å². The highest BCUT2D eigenvalue weighted by atomic mass is 19.1. The first kappa shape index (κ1) is 11.6. The summed E-state index contributed by atoms with van der Waals surface area (Å²) in [4.78, 5) is 0. The van der Waals surface area contributed by atoms with Crippen molar-refractivity contribution < 1.29 is 4.39 Å². The average Bonchev–Trinajstić information content (AvgIpc) is 2.59. The maximum absolute atomic E-state index is 13.0. The molecule has 0 aliphatic heterocycles. The molecule has 0 saturated carbocycles. The van der Waals surface area contributed by atoms with E-state index in [-0.39, 0.29) is 5.82 Å². The lowest BCUT2D eigenvalue weighted by molar-refractivity contribution is 0.616. The topological polar surface area (TPSA) is 43.8 Å². The zero-order chi connectivity index (χ0) is 12.4. The number of nitrogen functional groups attached to an aromatic ring is 1. The maximum atomic E-state index is 13.0. The fourth-order valence-electron chi connectivity index (χ4n) is 1.80. The quantitative estimate of drug-likeness (QED) is 0.885. The summed E-state index contributed by atoms with van der Waals surface area (Å²) in [6.45, 7) is 4.63. The zero-order valence-electron chi connectivity index (χ0n) is 10.0. The number of halogens is 1. The Kier molecular flexibility index (Phi) is 3.13. The Balaban J connectivity index is 2.22. The van der Waals surface area contributed by atoms with E-state index in [0.717, 1.165) is 11.3 Å². The van der Waals surface area contributed by atoms with Crippen LogP contribution in [0.4, 0.5) is 10.1 Å². The number of nitrogens with zero attached hydrogens (tertiary/aromatic N) is 2. The van der Waals surface area contributed by atoms with E-state index in [0.29, 0.717) is 18.2 Å². The van der Waals surface area contributed by atoms with Crippen molar-refractivity contribution in [2.45, 2.75) is 26.3 Å². The molecule has 0 aliphatic rings. The molecule has 2 aromatic rings. The molecule has 90 valence electrons. The van der Waals surface area contributed by atoms with Gasteiger partial charge in [-0.3, -0.25) is 4.68 Å². The van der Waals surface area contributed by atoms with Crippen LogP contribution in [-0.4, -0.2) is 9.78 Å². The molecular formula is C13H16FN3. The fourth-order valence-corrected chi connectivity index (χ4v) is 1.80. The molecule has 0 radical (unpaired) electrons. The summed E-state index contributed by atoms with van der Waals surface area (Å²) in [5.41, 5.74) is 8.33. The summed E-state index contributed by atoms with van der Waals surface area (Å²) >= 11 is 0. The third kappa shape index (κ3) is 2.64. The highest BCUT2D eigenvalue weighted by molar-refractivity contribution is 5.42. The Morgan fingerprint density at radius 2 is 2.18 bits per heavy atom. The molecule has 0 unspecified atom stereocenters. The summed E-state index contributed by atoms with van der Waals surface area (Å²) in [5.74, 6) is 0.0653. The number of rotatable bonds is 3. The van der Waals surface area contributed by atoms with E-state index >= 15 is 0 Å². The van der Waals surface area contributed by atoms with Crippen molar-refractivity contribution >= 4 is 5.69 Å². The molecule has 3 nitrogen and oxygen atoms in total. The van der Waals surface area contributed by atoms with Gasteiger partial charge >= 0.3 is 0 Å². The molecule has 1 heterocycles. The van der Waals surface area contributed by atoms with E-state index in [1.807, 2.05) is 19.9 Å². The molecule has 0 spiro atoms. The minimum atomic E-state index is -0.230. The molecule has 0 aliphatic carbocycles. The number of benzene rings is 1. The van der Waals surface area contributed by atoms with Crippen LogP contribution in [0.15, 0.2) is 30.5 Å². The van der Waals surface area contributed by atoms with Gasteiger partial charge < -0.3 is 5.73 Å². The number of aromatic nitrogens is 2. The molecule has 0 saturated heterocycles. The number of nitrogens with two attached hydrogens (primary N) is 1. The van der Waals surface area contributed by atoms with Gasteiger partial charge in [0.25, 0.3) is 0 Å². The Morgan fingerprint density at radius 3 is 2.76 bits per heavy atom. The van der Waals surface area contributed by atoms with Gasteiger partial charge in [-0.25, -0.2) is 4.39 Å². The summed E-state index contributed by atoms with van der Waals surface area (Å²) < 4.78 is 14.8. The van der Waals surface area contributed by atoms with Crippen LogP contribution in [-0.2, 0) is 6.54 Å². The van der Waals surface area contributed by atoms with Gasteiger partial charge in [-0.05, 0) is 23.6 Å². The van der Waals surface area contributed by atoms with Crippen molar-refractivity contribution in [1.82, 2.24) is 9.78 Å². The van der Waals surface area contributed by atoms with Gasteiger partial charge in [0.1, 0.15) is 5.82 Å². The van der Waals surface area contributed by atoms with Crippen molar-refractivity contribution in [3.8, 4) is 0 Å². The Hall–Kier alpha value is -1.84. The summed E-state index contributed by atoms with van der Waals surface area (Å²) in [7, 11) is 0. The van der Waals surface area contributed by atoms with Crippen LogP contribution >= 0.6 is 0 Å². The Morgan fingerprint density at radius 1 is 1.41 bits per heavy atom. The van der Waals surface area contributed by atoms with Crippen molar-refractivity contribution in [2.75, 3.05) is 5.73 Å². The van der Waals surface area contributed by atoms with Crippen LogP contribution in [0.2, 0.25) is 0 Å². The second-order valence-electron chi connectivity index (χ2n) is 4.45. The van der Waals surface area contributed by atoms with Gasteiger partial charge in [-0.1, -0.05) is 26.0 Å². The third-order valence-corrected chi connectivity index (χ3v) is 2.60. The Bertz CT molecular complexity index is 517. The molecule has 1 aromatic heterocycles. The first-order valence-electron chi connectivity index (χ1n) is 5.63. The van der Waals surface area contributed by atoms with Crippen molar-refractivity contribution in [1.29, 1.82) is 0 Å². The summed E-state index contributed by atoms with van der Waals surface area (Å²) in [6.07, 6.45) is 1.79. The predicted octanol–water partition coefficient (Wildman–Crippen LogP) is 2.78.